The summed E-state index contributed by atoms with van der Waals surface area (Å²) in [4.78, 5) is 0. The second kappa shape index (κ2) is 7.41. The molecule has 166 valence electrons. The van der Waals surface area contributed by atoms with Crippen LogP contribution in [0.15, 0.2) is 133 Å². The Balaban J connectivity index is 1.75. The number of rotatable bonds is 1. The SMILES string of the molecule is [2H]c1c([2H])c([2H])c2c([2H])c3c(c([2H])c([2H])c4c([2H])c([2H])c([2H])c([2H])c43)c(-c3cc4ccc5ccccc5c4c4ccccc34)c2c1[2H]. The lowest BCUT2D eigenvalue weighted by Gasteiger charge is -2.18. The third kappa shape index (κ3) is 2.70. The van der Waals surface area contributed by atoms with Crippen molar-refractivity contribution < 1.29 is 15.1 Å². The second-order valence-electron chi connectivity index (χ2n) is 8.85. The topological polar surface area (TPSA) is 0 Å². The van der Waals surface area contributed by atoms with Crippen molar-refractivity contribution in [2.75, 3.05) is 0 Å². The molecule has 0 atom stereocenters. The highest BCUT2D eigenvalue weighted by atomic mass is 14.2. The van der Waals surface area contributed by atoms with E-state index in [0.29, 0.717) is 10.9 Å². The standard InChI is InChI=1S/C36H22/c1-4-12-27-23(9-1)19-20-32-33(27)21-25-11-3-6-14-29(25)36(32)34-22-26-18-17-24-10-2-5-13-28(24)35(26)31-16-8-7-15-30(31)34/h1-22H/i1D,3D,4D,6D,9D,11D,12D,14D,19D,20D,21D. The normalized spacial score (nSPS) is 16.2. The fraction of sp³-hybridized carbons (Fsp3) is 0. The van der Waals surface area contributed by atoms with Crippen molar-refractivity contribution >= 4 is 64.6 Å². The smallest absolute Gasteiger partial charge is 0.0616 e. The molecule has 0 fully saturated rings. The molecule has 0 heterocycles. The van der Waals surface area contributed by atoms with Gasteiger partial charge in [0.1, 0.15) is 0 Å². The van der Waals surface area contributed by atoms with Crippen LogP contribution in [-0.2, 0) is 0 Å². The van der Waals surface area contributed by atoms with Crippen molar-refractivity contribution in [3.8, 4) is 11.1 Å². The van der Waals surface area contributed by atoms with E-state index in [1.165, 1.54) is 0 Å². The summed E-state index contributed by atoms with van der Waals surface area (Å²) in [5.41, 5.74) is 0.716. The van der Waals surface area contributed by atoms with Gasteiger partial charge in [-0.2, -0.15) is 0 Å². The molecule has 0 bridgehead atoms. The van der Waals surface area contributed by atoms with Crippen molar-refractivity contribution in [2.45, 2.75) is 0 Å². The highest BCUT2D eigenvalue weighted by Gasteiger charge is 2.16. The molecule has 0 unspecified atom stereocenters. The number of benzene rings is 8. The molecule has 0 radical (unpaired) electrons. The van der Waals surface area contributed by atoms with Gasteiger partial charge in [-0.1, -0.05) is 121 Å². The molecule has 8 rings (SSSR count). The first-order valence-electron chi connectivity index (χ1n) is 17.1. The van der Waals surface area contributed by atoms with E-state index in [9.17, 15) is 2.74 Å². The van der Waals surface area contributed by atoms with Gasteiger partial charge in [0, 0.05) is 0 Å². The molecule has 0 spiro atoms. The molecule has 0 aliphatic rings. The molecule has 0 heteroatoms. The molecular weight excluding hydrogens is 432 g/mol. The van der Waals surface area contributed by atoms with Crippen LogP contribution in [0, 0.1) is 0 Å². The maximum absolute atomic E-state index is 9.38. The lowest BCUT2D eigenvalue weighted by molar-refractivity contribution is 1.73. The molecule has 8 aromatic carbocycles. The number of hydrogen-bond donors (Lipinski definition) is 0. The third-order valence-electron chi connectivity index (χ3n) is 6.95. The Morgan fingerprint density at radius 1 is 0.417 bits per heavy atom. The molecule has 8 aromatic rings. The van der Waals surface area contributed by atoms with Gasteiger partial charge in [-0.25, -0.2) is 0 Å². The minimum absolute atomic E-state index is 0.00637. The second-order valence-corrected chi connectivity index (χ2v) is 8.85. The average Bonchev–Trinajstić information content (AvgIpc) is 3.08. The summed E-state index contributed by atoms with van der Waals surface area (Å²) in [6.07, 6.45) is 0. The van der Waals surface area contributed by atoms with Gasteiger partial charge in [0.15, 0.2) is 0 Å². The van der Waals surface area contributed by atoms with E-state index in [4.69, 9.17) is 12.3 Å². The monoisotopic (exact) mass is 465 g/mol. The van der Waals surface area contributed by atoms with Crippen LogP contribution < -0.4 is 0 Å². The molecule has 0 nitrogen and oxygen atoms in total. The molecule has 36 heavy (non-hydrogen) atoms. The molecular formula is C36H22. The molecule has 0 aliphatic heterocycles. The summed E-state index contributed by atoms with van der Waals surface area (Å²) in [6.45, 7) is 0. The van der Waals surface area contributed by atoms with E-state index >= 15 is 0 Å². The highest BCUT2D eigenvalue weighted by Crippen LogP contribution is 2.44. The van der Waals surface area contributed by atoms with E-state index < -0.39 is 66.5 Å². The summed E-state index contributed by atoms with van der Waals surface area (Å²) < 4.78 is 97.0. The summed E-state index contributed by atoms with van der Waals surface area (Å²) in [7, 11) is 0. The first-order chi connectivity index (χ1) is 22.5. The first kappa shape index (κ1) is 11.8. The van der Waals surface area contributed by atoms with Crippen molar-refractivity contribution in [3.63, 3.8) is 0 Å². The molecule has 0 saturated heterocycles. The zero-order valence-electron chi connectivity index (χ0n) is 29.9. The Hall–Kier alpha value is -4.68. The predicted octanol–water partition coefficient (Wildman–Crippen LogP) is 10.3. The Morgan fingerprint density at radius 2 is 1.11 bits per heavy atom. The van der Waals surface area contributed by atoms with E-state index in [1.807, 2.05) is 66.7 Å². The minimum atomic E-state index is -0.572. The Labute approximate surface area is 224 Å². The Bertz CT molecular complexity index is 2750. The Morgan fingerprint density at radius 3 is 2.00 bits per heavy atom. The molecule has 0 N–H and O–H groups in total. The fourth-order valence-electron chi connectivity index (χ4n) is 5.42. The van der Waals surface area contributed by atoms with Crippen LogP contribution in [0.3, 0.4) is 0 Å². The van der Waals surface area contributed by atoms with Gasteiger partial charge in [0.2, 0.25) is 0 Å². The van der Waals surface area contributed by atoms with Crippen LogP contribution in [-0.4, -0.2) is 0 Å². The van der Waals surface area contributed by atoms with Gasteiger partial charge in [-0.15, -0.1) is 0 Å². The van der Waals surface area contributed by atoms with E-state index in [2.05, 4.69) is 0 Å². The Kier molecular flexibility index (Phi) is 2.44. The maximum Gasteiger partial charge on any atom is 0.0636 e. The molecule has 0 saturated carbocycles. The van der Waals surface area contributed by atoms with Gasteiger partial charge in [0.05, 0.1) is 15.1 Å². The van der Waals surface area contributed by atoms with Gasteiger partial charge >= 0.3 is 0 Å². The van der Waals surface area contributed by atoms with Gasteiger partial charge in [0.25, 0.3) is 0 Å². The summed E-state index contributed by atoms with van der Waals surface area (Å²) in [5.74, 6) is 0. The average molecular weight is 466 g/mol. The predicted molar refractivity (Wildman–Crippen MR) is 157 cm³/mol. The zero-order chi connectivity index (χ0) is 33.2. The highest BCUT2D eigenvalue weighted by molar-refractivity contribution is 6.27. The maximum atomic E-state index is 9.38. The quantitative estimate of drug-likeness (QED) is 0.167. The van der Waals surface area contributed by atoms with Gasteiger partial charge in [-0.3, -0.25) is 0 Å². The zero-order valence-corrected chi connectivity index (χ0v) is 18.9. The molecule has 0 aromatic heterocycles. The molecule has 0 amide bonds. The summed E-state index contributed by atoms with van der Waals surface area (Å²) >= 11 is 0. The van der Waals surface area contributed by atoms with Crippen molar-refractivity contribution in [1.82, 2.24) is 0 Å². The minimum Gasteiger partial charge on any atom is -0.0616 e. The van der Waals surface area contributed by atoms with Crippen molar-refractivity contribution in [1.29, 1.82) is 0 Å². The van der Waals surface area contributed by atoms with Crippen LogP contribution in [0.1, 0.15) is 15.1 Å². The lowest BCUT2D eigenvalue weighted by Crippen LogP contribution is -1.90. The van der Waals surface area contributed by atoms with Gasteiger partial charge < -0.3 is 0 Å². The van der Waals surface area contributed by atoms with Crippen molar-refractivity contribution in [2.24, 2.45) is 0 Å². The summed E-state index contributed by atoms with van der Waals surface area (Å²) in [5, 5.41) is 4.89. The van der Waals surface area contributed by atoms with Crippen LogP contribution in [0.4, 0.5) is 0 Å². The third-order valence-corrected chi connectivity index (χ3v) is 6.95. The van der Waals surface area contributed by atoms with Crippen LogP contribution in [0.2, 0.25) is 0 Å². The van der Waals surface area contributed by atoms with Gasteiger partial charge in [-0.05, 0) is 87.9 Å². The van der Waals surface area contributed by atoms with E-state index in [0.717, 1.165) is 26.9 Å². The van der Waals surface area contributed by atoms with E-state index in [1.54, 1.807) is 0 Å². The van der Waals surface area contributed by atoms with Crippen LogP contribution in [0.25, 0.3) is 75.8 Å². The largest absolute Gasteiger partial charge is 0.0636 e. The number of fused-ring (bicyclic) bond motifs is 9. The lowest BCUT2D eigenvalue weighted by atomic mass is 9.85. The van der Waals surface area contributed by atoms with Crippen LogP contribution in [0.5, 0.6) is 0 Å². The van der Waals surface area contributed by atoms with Crippen molar-refractivity contribution in [3.05, 3.63) is 133 Å². The summed E-state index contributed by atoms with van der Waals surface area (Å²) in [6, 6.07) is 16.1. The van der Waals surface area contributed by atoms with Crippen LogP contribution >= 0.6 is 0 Å². The number of hydrogen-bond acceptors (Lipinski definition) is 0. The fourth-order valence-corrected chi connectivity index (χ4v) is 5.42. The molecule has 0 aliphatic carbocycles. The first-order valence-corrected chi connectivity index (χ1v) is 11.6. The van der Waals surface area contributed by atoms with E-state index in [-0.39, 0.29) is 37.9 Å².